The van der Waals surface area contributed by atoms with Crippen LogP contribution in [0.1, 0.15) is 38.3 Å². The van der Waals surface area contributed by atoms with Crippen molar-refractivity contribution >= 4 is 21.4 Å². The third kappa shape index (κ3) is 5.17. The zero-order valence-corrected chi connectivity index (χ0v) is 16.2. The van der Waals surface area contributed by atoms with Crippen molar-refractivity contribution < 1.29 is 13.0 Å². The molecule has 0 amide bonds. The third-order valence-electron chi connectivity index (χ3n) is 4.66. The molecule has 0 fully saturated rings. The Labute approximate surface area is 150 Å². The summed E-state index contributed by atoms with van der Waals surface area (Å²) in [6, 6.07) is 6.21. The van der Waals surface area contributed by atoms with Crippen molar-refractivity contribution in [3.05, 3.63) is 47.1 Å². The summed E-state index contributed by atoms with van der Waals surface area (Å²) in [7, 11) is -3.89. The second-order valence-corrected chi connectivity index (χ2v) is 8.96. The molecular formula is C19H28N2O3S. The summed E-state index contributed by atoms with van der Waals surface area (Å²) < 4.78 is 30.2. The van der Waals surface area contributed by atoms with Gasteiger partial charge in [0.15, 0.2) is 0 Å². The lowest BCUT2D eigenvalue weighted by Gasteiger charge is -2.34. The molecule has 1 aromatic carbocycles. The van der Waals surface area contributed by atoms with E-state index in [9.17, 15) is 8.42 Å². The van der Waals surface area contributed by atoms with E-state index in [-0.39, 0.29) is 17.2 Å². The maximum absolute atomic E-state index is 10.7. The predicted molar refractivity (Wildman–Crippen MR) is 104 cm³/mol. The number of aryl methyl sites for hydroxylation is 1. The first-order valence-electron chi connectivity index (χ1n) is 8.46. The molecule has 4 N–H and O–H groups in total. The van der Waals surface area contributed by atoms with Gasteiger partial charge in [-0.1, -0.05) is 37.6 Å². The molecule has 1 aromatic rings. The maximum Gasteiger partial charge on any atom is 0.264 e. The lowest BCUT2D eigenvalue weighted by Crippen LogP contribution is -2.38. The summed E-state index contributed by atoms with van der Waals surface area (Å²) in [4.78, 5) is 0. The van der Waals surface area contributed by atoms with Gasteiger partial charge >= 0.3 is 0 Å². The standard InChI is InChI=1S/C19H28N2O3S/c1-13-10-15(16-11-14(2)18(20)19(3,4)12-16)6-7-17(13)21-8-5-9-25(22,23)24/h6-7,10-12,18,21H,5,8-9,20H2,1-4H3,(H,22,23,24). The van der Waals surface area contributed by atoms with Crippen molar-refractivity contribution in [3.8, 4) is 0 Å². The average molecular weight is 365 g/mol. The third-order valence-corrected chi connectivity index (χ3v) is 5.46. The van der Waals surface area contributed by atoms with E-state index in [0.717, 1.165) is 16.8 Å². The largest absolute Gasteiger partial charge is 0.385 e. The lowest BCUT2D eigenvalue weighted by molar-refractivity contribution is 0.407. The monoisotopic (exact) mass is 364 g/mol. The summed E-state index contributed by atoms with van der Waals surface area (Å²) in [5.41, 5.74) is 11.7. The molecule has 0 saturated heterocycles. The second kappa shape index (κ2) is 7.32. The van der Waals surface area contributed by atoms with E-state index >= 15 is 0 Å². The van der Waals surface area contributed by atoms with Crippen LogP contribution in [0.15, 0.2) is 35.9 Å². The van der Waals surface area contributed by atoms with Gasteiger partial charge in [0.2, 0.25) is 0 Å². The SMILES string of the molecule is CC1=CC(c2ccc(NCCCS(=O)(=O)O)c(C)c2)=CC(C)(C)C1N. The Kier molecular flexibility index (Phi) is 5.76. The molecule has 0 bridgehead atoms. The molecule has 1 aliphatic rings. The average Bonchev–Trinajstić information content (AvgIpc) is 2.48. The zero-order chi connectivity index (χ0) is 18.8. The van der Waals surface area contributed by atoms with Gasteiger partial charge in [-0.25, -0.2) is 0 Å². The number of anilines is 1. The van der Waals surface area contributed by atoms with Gasteiger partial charge in [-0.15, -0.1) is 0 Å². The minimum absolute atomic E-state index is 0.0288. The Morgan fingerprint density at radius 2 is 1.96 bits per heavy atom. The van der Waals surface area contributed by atoms with E-state index < -0.39 is 10.1 Å². The highest BCUT2D eigenvalue weighted by Gasteiger charge is 2.29. The number of benzene rings is 1. The molecule has 0 aromatic heterocycles. The van der Waals surface area contributed by atoms with Crippen LogP contribution < -0.4 is 11.1 Å². The Morgan fingerprint density at radius 3 is 2.52 bits per heavy atom. The van der Waals surface area contributed by atoms with Gasteiger partial charge < -0.3 is 11.1 Å². The zero-order valence-electron chi connectivity index (χ0n) is 15.3. The van der Waals surface area contributed by atoms with Crippen LogP contribution >= 0.6 is 0 Å². The van der Waals surface area contributed by atoms with Crippen molar-refractivity contribution in [1.82, 2.24) is 0 Å². The van der Waals surface area contributed by atoms with Crippen LogP contribution in [-0.2, 0) is 10.1 Å². The van der Waals surface area contributed by atoms with E-state index in [2.05, 4.69) is 50.4 Å². The van der Waals surface area contributed by atoms with Crippen molar-refractivity contribution in [2.24, 2.45) is 11.1 Å². The molecule has 0 aliphatic heterocycles. The van der Waals surface area contributed by atoms with Crippen molar-refractivity contribution in [2.75, 3.05) is 17.6 Å². The first kappa shape index (κ1) is 19.7. The molecule has 0 spiro atoms. The predicted octanol–water partition coefficient (Wildman–Crippen LogP) is 3.38. The number of hydrogen-bond donors (Lipinski definition) is 3. The Balaban J connectivity index is 2.12. The molecule has 1 atom stereocenters. The van der Waals surface area contributed by atoms with Gasteiger partial charge in [-0.2, -0.15) is 8.42 Å². The summed E-state index contributed by atoms with van der Waals surface area (Å²) in [6.07, 6.45) is 4.72. The molecule has 5 nitrogen and oxygen atoms in total. The van der Waals surface area contributed by atoms with E-state index in [4.69, 9.17) is 10.3 Å². The minimum Gasteiger partial charge on any atom is -0.385 e. The molecule has 138 valence electrons. The molecule has 0 radical (unpaired) electrons. The molecule has 0 heterocycles. The van der Waals surface area contributed by atoms with E-state index in [1.54, 1.807) is 0 Å². The van der Waals surface area contributed by atoms with Gasteiger partial charge in [-0.3, -0.25) is 4.55 Å². The summed E-state index contributed by atoms with van der Waals surface area (Å²) in [6.45, 7) is 8.87. The van der Waals surface area contributed by atoms with Crippen LogP contribution in [0.3, 0.4) is 0 Å². The highest BCUT2D eigenvalue weighted by atomic mass is 32.2. The topological polar surface area (TPSA) is 92.4 Å². The van der Waals surface area contributed by atoms with E-state index in [1.165, 1.54) is 11.1 Å². The first-order valence-corrected chi connectivity index (χ1v) is 10.1. The van der Waals surface area contributed by atoms with Crippen LogP contribution in [0.2, 0.25) is 0 Å². The molecule has 25 heavy (non-hydrogen) atoms. The highest BCUT2D eigenvalue weighted by Crippen LogP contribution is 2.36. The van der Waals surface area contributed by atoms with Crippen LogP contribution in [0.25, 0.3) is 5.57 Å². The second-order valence-electron chi connectivity index (χ2n) is 7.38. The molecule has 1 aliphatic carbocycles. The summed E-state index contributed by atoms with van der Waals surface area (Å²) in [5.74, 6) is -0.233. The highest BCUT2D eigenvalue weighted by molar-refractivity contribution is 7.85. The number of allylic oxidation sites excluding steroid dienone is 2. The smallest absolute Gasteiger partial charge is 0.264 e. The normalized spacial score (nSPS) is 20.0. The molecule has 6 heteroatoms. The summed E-state index contributed by atoms with van der Waals surface area (Å²) in [5, 5.41) is 3.22. The van der Waals surface area contributed by atoms with Gasteiger partial charge in [0.1, 0.15) is 0 Å². The Hall–Kier alpha value is -1.63. The molecule has 2 rings (SSSR count). The fourth-order valence-corrected chi connectivity index (χ4v) is 3.65. The Bertz CT molecular complexity index is 808. The first-order chi connectivity index (χ1) is 11.5. The van der Waals surface area contributed by atoms with Gasteiger partial charge in [0.25, 0.3) is 10.1 Å². The van der Waals surface area contributed by atoms with Gasteiger partial charge in [-0.05, 0) is 49.1 Å². The molecule has 1 unspecified atom stereocenters. The van der Waals surface area contributed by atoms with E-state index in [0.29, 0.717) is 13.0 Å². The van der Waals surface area contributed by atoms with Crippen molar-refractivity contribution in [1.29, 1.82) is 0 Å². The number of nitrogens with one attached hydrogen (secondary N) is 1. The van der Waals surface area contributed by atoms with Crippen LogP contribution in [0.5, 0.6) is 0 Å². The van der Waals surface area contributed by atoms with Crippen molar-refractivity contribution in [3.63, 3.8) is 0 Å². The fourth-order valence-electron chi connectivity index (χ4n) is 3.14. The molecule has 0 saturated carbocycles. The quantitative estimate of drug-likeness (QED) is 0.531. The minimum atomic E-state index is -3.89. The van der Waals surface area contributed by atoms with Crippen LogP contribution in [0.4, 0.5) is 5.69 Å². The summed E-state index contributed by atoms with van der Waals surface area (Å²) >= 11 is 0. The van der Waals surface area contributed by atoms with Crippen LogP contribution in [-0.4, -0.2) is 31.3 Å². The lowest BCUT2D eigenvalue weighted by atomic mass is 9.75. The fraction of sp³-hybridized carbons (Fsp3) is 0.474. The van der Waals surface area contributed by atoms with Gasteiger partial charge in [0, 0.05) is 23.7 Å². The molecular weight excluding hydrogens is 336 g/mol. The number of hydrogen-bond acceptors (Lipinski definition) is 4. The number of rotatable bonds is 6. The van der Waals surface area contributed by atoms with Gasteiger partial charge in [0.05, 0.1) is 5.75 Å². The van der Waals surface area contributed by atoms with Crippen molar-refractivity contribution in [2.45, 2.75) is 40.2 Å². The Morgan fingerprint density at radius 1 is 1.28 bits per heavy atom. The maximum atomic E-state index is 10.7. The van der Waals surface area contributed by atoms with E-state index in [1.807, 2.05) is 13.0 Å². The number of nitrogens with two attached hydrogens (primary N) is 1. The van der Waals surface area contributed by atoms with Crippen LogP contribution in [0, 0.1) is 12.3 Å².